The van der Waals surface area contributed by atoms with Crippen LogP contribution in [0.2, 0.25) is 0 Å². The highest BCUT2D eigenvalue weighted by Gasteiger charge is 2.33. The van der Waals surface area contributed by atoms with Crippen molar-refractivity contribution in [3.05, 3.63) is 23.9 Å². The molecule has 2 aliphatic heterocycles. The van der Waals surface area contributed by atoms with Crippen LogP contribution in [0.1, 0.15) is 31.4 Å². The van der Waals surface area contributed by atoms with Gasteiger partial charge in [-0.3, -0.25) is 4.79 Å². The number of nitrogens with zero attached hydrogens (tertiary/aromatic N) is 3. The summed E-state index contributed by atoms with van der Waals surface area (Å²) in [6.07, 6.45) is 4.11. The van der Waals surface area contributed by atoms with Gasteiger partial charge < -0.3 is 9.64 Å². The second-order valence-corrected chi connectivity index (χ2v) is 9.18. The standard InChI is InChI=1S/C18H27N3O4S/c1-14-4-3-5-17(19-14)25-16-8-10-20(11-9-16)18(22)15-6-12-21(13-7-15)26(2,23)24/h3-5,15-16H,6-13H2,1-2H3. The van der Waals surface area contributed by atoms with Gasteiger partial charge in [-0.2, -0.15) is 0 Å². The van der Waals surface area contributed by atoms with Gasteiger partial charge in [0.15, 0.2) is 0 Å². The first-order valence-corrected chi connectivity index (χ1v) is 11.0. The van der Waals surface area contributed by atoms with Crippen LogP contribution in [-0.4, -0.2) is 67.1 Å². The molecule has 0 aromatic carbocycles. The van der Waals surface area contributed by atoms with Gasteiger partial charge in [-0.1, -0.05) is 6.07 Å². The molecule has 0 bridgehead atoms. The Balaban J connectivity index is 1.47. The molecule has 0 unspecified atom stereocenters. The number of piperidine rings is 2. The smallest absolute Gasteiger partial charge is 0.225 e. The number of hydrogen-bond donors (Lipinski definition) is 0. The van der Waals surface area contributed by atoms with Crippen molar-refractivity contribution >= 4 is 15.9 Å². The maximum Gasteiger partial charge on any atom is 0.225 e. The van der Waals surface area contributed by atoms with E-state index in [0.29, 0.717) is 44.9 Å². The molecular weight excluding hydrogens is 354 g/mol. The summed E-state index contributed by atoms with van der Waals surface area (Å²) in [4.78, 5) is 19.0. The molecule has 3 heterocycles. The lowest BCUT2D eigenvalue weighted by Crippen LogP contribution is -2.47. The number of hydrogen-bond acceptors (Lipinski definition) is 5. The number of carbonyl (C=O) groups excluding carboxylic acids is 1. The molecule has 0 aliphatic carbocycles. The van der Waals surface area contributed by atoms with Gasteiger partial charge in [0.1, 0.15) is 6.10 Å². The normalized spacial score (nSPS) is 20.9. The molecule has 2 aliphatic rings. The van der Waals surface area contributed by atoms with Crippen molar-refractivity contribution in [3.63, 3.8) is 0 Å². The Morgan fingerprint density at radius 3 is 2.35 bits per heavy atom. The van der Waals surface area contributed by atoms with Crippen molar-refractivity contribution in [2.24, 2.45) is 5.92 Å². The summed E-state index contributed by atoms with van der Waals surface area (Å²) >= 11 is 0. The highest BCUT2D eigenvalue weighted by molar-refractivity contribution is 7.88. The van der Waals surface area contributed by atoms with Crippen LogP contribution in [0.4, 0.5) is 0 Å². The fourth-order valence-corrected chi connectivity index (χ4v) is 4.52. The first kappa shape index (κ1) is 19.1. The first-order valence-electron chi connectivity index (χ1n) is 9.17. The molecule has 144 valence electrons. The van der Waals surface area contributed by atoms with Crippen LogP contribution in [0, 0.1) is 12.8 Å². The molecule has 1 amide bonds. The molecule has 0 radical (unpaired) electrons. The lowest BCUT2D eigenvalue weighted by molar-refractivity contribution is -0.138. The van der Waals surface area contributed by atoms with E-state index in [4.69, 9.17) is 4.74 Å². The summed E-state index contributed by atoms with van der Waals surface area (Å²) in [5, 5.41) is 0. The van der Waals surface area contributed by atoms with Gasteiger partial charge in [0.2, 0.25) is 21.8 Å². The molecule has 2 saturated heterocycles. The molecule has 3 rings (SSSR count). The van der Waals surface area contributed by atoms with E-state index in [0.717, 1.165) is 18.5 Å². The third-order valence-corrected chi connectivity index (χ3v) is 6.48. The predicted molar refractivity (Wildman–Crippen MR) is 98.3 cm³/mol. The van der Waals surface area contributed by atoms with Crippen LogP contribution in [-0.2, 0) is 14.8 Å². The van der Waals surface area contributed by atoms with Crippen molar-refractivity contribution in [3.8, 4) is 5.88 Å². The largest absolute Gasteiger partial charge is 0.474 e. The molecule has 0 atom stereocenters. The Hall–Kier alpha value is -1.67. The van der Waals surface area contributed by atoms with Gasteiger partial charge in [-0.05, 0) is 25.8 Å². The number of rotatable bonds is 4. The van der Waals surface area contributed by atoms with Crippen molar-refractivity contribution in [2.75, 3.05) is 32.4 Å². The van der Waals surface area contributed by atoms with E-state index in [1.165, 1.54) is 10.6 Å². The molecule has 26 heavy (non-hydrogen) atoms. The maximum atomic E-state index is 12.7. The third kappa shape index (κ3) is 4.73. The second-order valence-electron chi connectivity index (χ2n) is 7.20. The number of likely N-dealkylation sites (tertiary alicyclic amines) is 1. The molecule has 0 saturated carbocycles. The van der Waals surface area contributed by atoms with E-state index in [1.807, 2.05) is 30.0 Å². The molecule has 0 spiro atoms. The monoisotopic (exact) mass is 381 g/mol. The average Bonchev–Trinajstić information content (AvgIpc) is 2.61. The summed E-state index contributed by atoms with van der Waals surface area (Å²) in [7, 11) is -3.15. The molecular formula is C18H27N3O4S. The van der Waals surface area contributed by atoms with E-state index in [2.05, 4.69) is 4.98 Å². The maximum absolute atomic E-state index is 12.7. The van der Waals surface area contributed by atoms with Crippen LogP contribution in [0.25, 0.3) is 0 Å². The minimum absolute atomic E-state index is 0.0658. The molecule has 0 N–H and O–H groups in total. The minimum Gasteiger partial charge on any atom is -0.474 e. The molecule has 1 aromatic heterocycles. The summed E-state index contributed by atoms with van der Waals surface area (Å²) < 4.78 is 30.6. The lowest BCUT2D eigenvalue weighted by atomic mass is 9.95. The highest BCUT2D eigenvalue weighted by atomic mass is 32.2. The number of carbonyl (C=O) groups is 1. The van der Waals surface area contributed by atoms with E-state index in [1.54, 1.807) is 0 Å². The Labute approximate surface area is 155 Å². The Morgan fingerprint density at radius 2 is 1.77 bits per heavy atom. The predicted octanol–water partition coefficient (Wildman–Crippen LogP) is 1.43. The Morgan fingerprint density at radius 1 is 1.12 bits per heavy atom. The van der Waals surface area contributed by atoms with Gasteiger partial charge in [0.25, 0.3) is 0 Å². The van der Waals surface area contributed by atoms with E-state index >= 15 is 0 Å². The average molecular weight is 381 g/mol. The second kappa shape index (κ2) is 7.92. The number of aromatic nitrogens is 1. The van der Waals surface area contributed by atoms with Gasteiger partial charge in [0, 0.05) is 56.7 Å². The fourth-order valence-electron chi connectivity index (χ4n) is 3.64. The van der Waals surface area contributed by atoms with E-state index in [9.17, 15) is 13.2 Å². The zero-order valence-electron chi connectivity index (χ0n) is 15.4. The molecule has 2 fully saturated rings. The van der Waals surface area contributed by atoms with Gasteiger partial charge in [0.05, 0.1) is 6.26 Å². The number of pyridine rings is 1. The Bertz CT molecular complexity index is 737. The van der Waals surface area contributed by atoms with Crippen LogP contribution in [0.5, 0.6) is 5.88 Å². The van der Waals surface area contributed by atoms with E-state index in [-0.39, 0.29) is 17.9 Å². The number of amides is 1. The van der Waals surface area contributed by atoms with Crippen LogP contribution >= 0.6 is 0 Å². The molecule has 7 nitrogen and oxygen atoms in total. The first-order chi connectivity index (χ1) is 12.3. The highest BCUT2D eigenvalue weighted by Crippen LogP contribution is 2.24. The summed E-state index contributed by atoms with van der Waals surface area (Å²) in [6.45, 7) is 4.17. The number of ether oxygens (including phenoxy) is 1. The van der Waals surface area contributed by atoms with Crippen LogP contribution in [0.15, 0.2) is 18.2 Å². The topological polar surface area (TPSA) is 79.8 Å². The van der Waals surface area contributed by atoms with Crippen molar-refractivity contribution in [2.45, 2.75) is 38.7 Å². The summed E-state index contributed by atoms with van der Waals surface area (Å²) in [5.74, 6) is 0.733. The number of sulfonamides is 1. The molecule has 1 aromatic rings. The van der Waals surface area contributed by atoms with Crippen molar-refractivity contribution in [1.29, 1.82) is 0 Å². The van der Waals surface area contributed by atoms with E-state index < -0.39 is 10.0 Å². The zero-order valence-corrected chi connectivity index (χ0v) is 16.2. The van der Waals surface area contributed by atoms with Gasteiger partial charge in [-0.15, -0.1) is 0 Å². The van der Waals surface area contributed by atoms with Gasteiger partial charge >= 0.3 is 0 Å². The van der Waals surface area contributed by atoms with Crippen molar-refractivity contribution in [1.82, 2.24) is 14.2 Å². The Kier molecular flexibility index (Phi) is 5.82. The van der Waals surface area contributed by atoms with Crippen LogP contribution in [0.3, 0.4) is 0 Å². The summed E-state index contributed by atoms with van der Waals surface area (Å²) in [5.41, 5.74) is 0.926. The van der Waals surface area contributed by atoms with Gasteiger partial charge in [-0.25, -0.2) is 17.7 Å². The molecule has 8 heteroatoms. The third-order valence-electron chi connectivity index (χ3n) is 5.18. The number of aryl methyl sites for hydroxylation is 1. The van der Waals surface area contributed by atoms with Crippen LogP contribution < -0.4 is 4.74 Å². The fraction of sp³-hybridized carbons (Fsp3) is 0.667. The lowest BCUT2D eigenvalue weighted by Gasteiger charge is -2.36. The quantitative estimate of drug-likeness (QED) is 0.788. The van der Waals surface area contributed by atoms with Crippen molar-refractivity contribution < 1.29 is 17.9 Å². The minimum atomic E-state index is -3.15. The SMILES string of the molecule is Cc1cccc(OC2CCN(C(=O)C3CCN(S(C)(=O)=O)CC3)CC2)n1. The zero-order chi connectivity index (χ0) is 18.7. The summed E-state index contributed by atoms with van der Waals surface area (Å²) in [6, 6.07) is 5.72.